The van der Waals surface area contributed by atoms with Gasteiger partial charge in [-0.1, -0.05) is 38.1 Å². The molecule has 0 radical (unpaired) electrons. The summed E-state index contributed by atoms with van der Waals surface area (Å²) in [5.74, 6) is 0. The molecule has 0 spiro atoms. The van der Waals surface area contributed by atoms with E-state index in [2.05, 4.69) is 55.4 Å². The molecule has 0 saturated heterocycles. The van der Waals surface area contributed by atoms with Crippen molar-refractivity contribution >= 4 is 0 Å². The Balaban J connectivity index is 2.36. The maximum Gasteiger partial charge on any atom is 0.0233 e. The molecule has 0 aliphatic heterocycles. The average Bonchev–Trinajstić information content (AvgIpc) is 2.35. The van der Waals surface area contributed by atoms with E-state index in [0.717, 1.165) is 32.6 Å². The smallest absolute Gasteiger partial charge is 0.0233 e. The van der Waals surface area contributed by atoms with Crippen molar-refractivity contribution in [2.24, 2.45) is 0 Å². The Morgan fingerprint density at radius 3 is 2.41 bits per heavy atom. The number of aryl methyl sites for hydroxylation is 1. The second-order valence-electron chi connectivity index (χ2n) is 4.61. The molecule has 0 atom stereocenters. The van der Waals surface area contributed by atoms with Crippen molar-refractivity contribution in [2.75, 3.05) is 26.7 Å². The van der Waals surface area contributed by atoms with Crippen LogP contribution in [-0.2, 0) is 13.0 Å². The number of rotatable bonds is 8. The van der Waals surface area contributed by atoms with Gasteiger partial charge in [-0.25, -0.2) is 0 Å². The van der Waals surface area contributed by atoms with Gasteiger partial charge >= 0.3 is 0 Å². The zero-order valence-corrected chi connectivity index (χ0v) is 11.5. The van der Waals surface area contributed by atoms with Crippen molar-refractivity contribution in [1.82, 2.24) is 10.2 Å². The predicted molar refractivity (Wildman–Crippen MR) is 75.3 cm³/mol. The third kappa shape index (κ3) is 5.33. The van der Waals surface area contributed by atoms with Gasteiger partial charge in [-0.05, 0) is 37.6 Å². The van der Waals surface area contributed by atoms with Crippen molar-refractivity contribution in [3.8, 4) is 0 Å². The highest BCUT2D eigenvalue weighted by Gasteiger charge is 2.03. The molecule has 0 bridgehead atoms. The lowest BCUT2D eigenvalue weighted by molar-refractivity contribution is 0.324. The van der Waals surface area contributed by atoms with Crippen molar-refractivity contribution in [2.45, 2.75) is 33.2 Å². The molecular formula is C15H26N2. The summed E-state index contributed by atoms with van der Waals surface area (Å²) in [5.41, 5.74) is 2.94. The fraction of sp³-hybridized carbons (Fsp3) is 0.600. The first-order chi connectivity index (χ1) is 8.27. The molecule has 0 fully saturated rings. The van der Waals surface area contributed by atoms with Crippen LogP contribution in [0.4, 0.5) is 0 Å². The molecule has 0 heterocycles. The fourth-order valence-electron chi connectivity index (χ4n) is 2.00. The zero-order valence-electron chi connectivity index (χ0n) is 11.5. The Morgan fingerprint density at radius 1 is 1.06 bits per heavy atom. The van der Waals surface area contributed by atoms with Gasteiger partial charge < -0.3 is 10.2 Å². The highest BCUT2D eigenvalue weighted by Crippen LogP contribution is 2.11. The van der Waals surface area contributed by atoms with Crippen LogP contribution in [0.3, 0.4) is 0 Å². The van der Waals surface area contributed by atoms with Gasteiger partial charge in [0.2, 0.25) is 0 Å². The molecule has 0 aromatic heterocycles. The first-order valence-electron chi connectivity index (χ1n) is 6.74. The summed E-state index contributed by atoms with van der Waals surface area (Å²) in [5, 5.41) is 3.44. The largest absolute Gasteiger partial charge is 0.315 e. The molecule has 0 saturated carbocycles. The van der Waals surface area contributed by atoms with Crippen LogP contribution in [0.2, 0.25) is 0 Å². The molecule has 0 aliphatic rings. The van der Waals surface area contributed by atoms with E-state index in [1.165, 1.54) is 17.5 Å². The van der Waals surface area contributed by atoms with Crippen molar-refractivity contribution in [3.05, 3.63) is 35.4 Å². The Kier molecular flexibility index (Phi) is 6.90. The number of hydrogen-bond acceptors (Lipinski definition) is 2. The number of nitrogens with zero attached hydrogens (tertiary/aromatic N) is 1. The molecule has 2 heteroatoms. The number of hydrogen-bond donors (Lipinski definition) is 1. The molecule has 0 aliphatic carbocycles. The maximum absolute atomic E-state index is 3.44. The highest BCUT2D eigenvalue weighted by atomic mass is 15.1. The van der Waals surface area contributed by atoms with Gasteiger partial charge in [-0.3, -0.25) is 0 Å². The summed E-state index contributed by atoms with van der Waals surface area (Å²) < 4.78 is 0. The molecule has 17 heavy (non-hydrogen) atoms. The standard InChI is InChI=1S/C15H26N2/c1-4-10-16-11-12-17(3)13-15-9-7-6-8-14(15)5-2/h6-9,16H,4-5,10-13H2,1-3H3. The minimum atomic E-state index is 1.05. The van der Waals surface area contributed by atoms with Crippen LogP contribution < -0.4 is 5.32 Å². The second kappa shape index (κ2) is 8.26. The minimum Gasteiger partial charge on any atom is -0.315 e. The molecule has 1 N–H and O–H groups in total. The van der Waals surface area contributed by atoms with E-state index < -0.39 is 0 Å². The summed E-state index contributed by atoms with van der Waals surface area (Å²) in [6, 6.07) is 8.75. The molecular weight excluding hydrogens is 208 g/mol. The van der Waals surface area contributed by atoms with E-state index in [1.807, 2.05) is 0 Å². The van der Waals surface area contributed by atoms with Crippen LogP contribution in [0.25, 0.3) is 0 Å². The third-order valence-corrected chi connectivity index (χ3v) is 3.04. The summed E-state index contributed by atoms with van der Waals surface area (Å²) in [6.45, 7) is 8.80. The number of likely N-dealkylation sites (N-methyl/N-ethyl adjacent to an activating group) is 1. The van der Waals surface area contributed by atoms with Gasteiger partial charge in [-0.2, -0.15) is 0 Å². The van der Waals surface area contributed by atoms with Gasteiger partial charge in [0.1, 0.15) is 0 Å². The maximum atomic E-state index is 3.44. The first kappa shape index (κ1) is 14.2. The molecule has 1 aromatic rings. The zero-order chi connectivity index (χ0) is 12.5. The predicted octanol–water partition coefficient (Wildman–Crippen LogP) is 2.68. The van der Waals surface area contributed by atoms with Gasteiger partial charge in [0.15, 0.2) is 0 Å². The van der Waals surface area contributed by atoms with Crippen molar-refractivity contribution in [1.29, 1.82) is 0 Å². The summed E-state index contributed by atoms with van der Waals surface area (Å²) in [6.07, 6.45) is 2.33. The Bertz CT molecular complexity index is 310. The SMILES string of the molecule is CCCNCCN(C)Cc1ccccc1CC. The average molecular weight is 234 g/mol. The molecule has 96 valence electrons. The van der Waals surface area contributed by atoms with Gasteiger partial charge in [0.25, 0.3) is 0 Å². The second-order valence-corrected chi connectivity index (χ2v) is 4.61. The summed E-state index contributed by atoms with van der Waals surface area (Å²) in [4.78, 5) is 2.39. The lowest BCUT2D eigenvalue weighted by Crippen LogP contribution is -2.29. The Labute approximate surface area is 106 Å². The molecule has 0 amide bonds. The molecule has 2 nitrogen and oxygen atoms in total. The fourth-order valence-corrected chi connectivity index (χ4v) is 2.00. The lowest BCUT2D eigenvalue weighted by atomic mass is 10.1. The van der Waals surface area contributed by atoms with Crippen LogP contribution in [0.15, 0.2) is 24.3 Å². The molecule has 0 unspecified atom stereocenters. The third-order valence-electron chi connectivity index (χ3n) is 3.04. The molecule has 1 rings (SSSR count). The normalized spacial score (nSPS) is 11.1. The van der Waals surface area contributed by atoms with Gasteiger partial charge in [-0.15, -0.1) is 0 Å². The van der Waals surface area contributed by atoms with Crippen LogP contribution in [-0.4, -0.2) is 31.6 Å². The van der Waals surface area contributed by atoms with Crippen LogP contribution in [0.5, 0.6) is 0 Å². The van der Waals surface area contributed by atoms with Gasteiger partial charge in [0.05, 0.1) is 0 Å². The lowest BCUT2D eigenvalue weighted by Gasteiger charge is -2.18. The Hall–Kier alpha value is -0.860. The van der Waals surface area contributed by atoms with Crippen molar-refractivity contribution in [3.63, 3.8) is 0 Å². The van der Waals surface area contributed by atoms with E-state index in [0.29, 0.717) is 0 Å². The van der Waals surface area contributed by atoms with E-state index in [4.69, 9.17) is 0 Å². The van der Waals surface area contributed by atoms with E-state index in [1.54, 1.807) is 0 Å². The number of nitrogens with one attached hydrogen (secondary N) is 1. The van der Waals surface area contributed by atoms with Crippen LogP contribution in [0.1, 0.15) is 31.4 Å². The highest BCUT2D eigenvalue weighted by molar-refractivity contribution is 5.26. The topological polar surface area (TPSA) is 15.3 Å². The van der Waals surface area contributed by atoms with Gasteiger partial charge in [0, 0.05) is 19.6 Å². The summed E-state index contributed by atoms with van der Waals surface area (Å²) >= 11 is 0. The van der Waals surface area contributed by atoms with Crippen LogP contribution >= 0.6 is 0 Å². The Morgan fingerprint density at radius 2 is 1.76 bits per heavy atom. The quantitative estimate of drug-likeness (QED) is 0.696. The van der Waals surface area contributed by atoms with E-state index in [9.17, 15) is 0 Å². The monoisotopic (exact) mass is 234 g/mol. The van der Waals surface area contributed by atoms with Crippen LogP contribution in [0, 0.1) is 0 Å². The number of benzene rings is 1. The van der Waals surface area contributed by atoms with E-state index in [-0.39, 0.29) is 0 Å². The minimum absolute atomic E-state index is 1.05. The van der Waals surface area contributed by atoms with Crippen molar-refractivity contribution < 1.29 is 0 Å². The van der Waals surface area contributed by atoms with E-state index >= 15 is 0 Å². The first-order valence-corrected chi connectivity index (χ1v) is 6.74. The summed E-state index contributed by atoms with van der Waals surface area (Å²) in [7, 11) is 2.19. The molecule has 1 aromatic carbocycles.